The van der Waals surface area contributed by atoms with Crippen LogP contribution in [0.3, 0.4) is 0 Å². The molecule has 0 spiro atoms. The summed E-state index contributed by atoms with van der Waals surface area (Å²) in [6, 6.07) is 21.7. The van der Waals surface area contributed by atoms with Crippen LogP contribution >= 0.6 is 11.3 Å². The maximum Gasteiger partial charge on any atom is 0.338 e. The number of carbonyl (C=O) groups excluding carboxylic acids is 2. The van der Waals surface area contributed by atoms with E-state index in [0.717, 1.165) is 22.2 Å². The third kappa shape index (κ3) is 5.53. The summed E-state index contributed by atoms with van der Waals surface area (Å²) in [5, 5.41) is 0.873. The van der Waals surface area contributed by atoms with E-state index in [4.69, 9.17) is 14.5 Å². The molecule has 8 nitrogen and oxygen atoms in total. The minimum atomic E-state index is -0.912. The van der Waals surface area contributed by atoms with Gasteiger partial charge in [-0.25, -0.2) is 14.2 Å². The van der Waals surface area contributed by atoms with Crippen LogP contribution in [0.2, 0.25) is 0 Å². The normalized spacial score (nSPS) is 14.8. The predicted molar refractivity (Wildman–Crippen MR) is 171 cm³/mol. The topological polar surface area (TPSA) is 91.9 Å². The molecule has 0 fully saturated rings. The Kier molecular flexibility index (Phi) is 8.32. The van der Waals surface area contributed by atoms with Crippen molar-refractivity contribution in [3.8, 4) is 0 Å². The lowest BCUT2D eigenvalue weighted by Crippen LogP contribution is -2.40. The van der Waals surface area contributed by atoms with Gasteiger partial charge in [0.1, 0.15) is 12.4 Å². The zero-order valence-corrected chi connectivity index (χ0v) is 25.8. The second-order valence-electron chi connectivity index (χ2n) is 10.4. The number of hydrogen-bond donors (Lipinski definition) is 0. The highest BCUT2D eigenvalue weighted by Gasteiger charge is 2.35. The molecule has 0 saturated heterocycles. The Morgan fingerprint density at radius 2 is 1.64 bits per heavy atom. The van der Waals surface area contributed by atoms with Crippen LogP contribution < -0.4 is 14.9 Å². The lowest BCUT2D eigenvalue weighted by atomic mass is 9.93. The van der Waals surface area contributed by atoms with E-state index in [0.29, 0.717) is 26.2 Å². The van der Waals surface area contributed by atoms with Gasteiger partial charge < -0.3 is 14.0 Å². The number of aromatic nitrogens is 2. The highest BCUT2D eigenvalue weighted by atomic mass is 32.1. The van der Waals surface area contributed by atoms with Crippen molar-refractivity contribution in [2.75, 3.05) is 13.2 Å². The Balaban J connectivity index is 1.62. The Labute approximate surface area is 262 Å². The molecule has 0 saturated carbocycles. The van der Waals surface area contributed by atoms with E-state index < -0.39 is 17.8 Å². The molecule has 5 aromatic rings. The van der Waals surface area contributed by atoms with Gasteiger partial charge in [-0.1, -0.05) is 72.0 Å². The van der Waals surface area contributed by atoms with E-state index in [2.05, 4.69) is 0 Å². The lowest BCUT2D eigenvalue weighted by molar-refractivity contribution is -0.143. The summed E-state index contributed by atoms with van der Waals surface area (Å²) in [6.07, 6.45) is 1.81. The molecule has 3 heterocycles. The number of rotatable bonds is 8. The molecule has 0 radical (unpaired) electrons. The van der Waals surface area contributed by atoms with Crippen molar-refractivity contribution < 1.29 is 23.5 Å². The average Bonchev–Trinajstić information content (AvgIpc) is 3.50. The molecule has 6 rings (SSSR count). The molecule has 1 atom stereocenters. The van der Waals surface area contributed by atoms with Crippen molar-refractivity contribution in [3.05, 3.63) is 132 Å². The van der Waals surface area contributed by atoms with Crippen LogP contribution in [0.25, 0.3) is 22.7 Å². The first-order valence-corrected chi connectivity index (χ1v) is 15.4. The van der Waals surface area contributed by atoms with Crippen LogP contribution in [0.15, 0.2) is 94.2 Å². The van der Waals surface area contributed by atoms with Crippen molar-refractivity contribution in [1.29, 1.82) is 0 Å². The Hall–Kier alpha value is -5.09. The molecule has 0 N–H and O–H groups in total. The second-order valence-corrected chi connectivity index (χ2v) is 11.4. The number of thiazole rings is 1. The van der Waals surface area contributed by atoms with Gasteiger partial charge in [-0.3, -0.25) is 14.2 Å². The molecule has 10 heteroatoms. The van der Waals surface area contributed by atoms with E-state index in [1.165, 1.54) is 28.0 Å². The van der Waals surface area contributed by atoms with Crippen molar-refractivity contribution in [2.24, 2.45) is 4.99 Å². The van der Waals surface area contributed by atoms with Crippen molar-refractivity contribution >= 4 is 46.0 Å². The predicted octanol–water partition coefficient (Wildman–Crippen LogP) is 4.90. The van der Waals surface area contributed by atoms with Gasteiger partial charge in [-0.15, -0.1) is 0 Å². The van der Waals surface area contributed by atoms with E-state index in [1.54, 1.807) is 32.1 Å². The summed E-state index contributed by atoms with van der Waals surface area (Å²) in [4.78, 5) is 45.6. The molecule has 1 aliphatic heterocycles. The van der Waals surface area contributed by atoms with Crippen molar-refractivity contribution in [3.63, 3.8) is 0 Å². The molecule has 228 valence electrons. The quantitative estimate of drug-likeness (QED) is 0.230. The lowest BCUT2D eigenvalue weighted by Gasteiger charge is -2.25. The fourth-order valence-electron chi connectivity index (χ4n) is 5.71. The first-order chi connectivity index (χ1) is 21.8. The van der Waals surface area contributed by atoms with Crippen LogP contribution in [-0.4, -0.2) is 34.3 Å². The number of benzene rings is 3. The maximum atomic E-state index is 14.3. The number of esters is 2. The molecule has 3 aromatic carbocycles. The number of hydrogen-bond acceptors (Lipinski definition) is 7. The fourth-order valence-corrected chi connectivity index (χ4v) is 6.69. The van der Waals surface area contributed by atoms with E-state index in [-0.39, 0.29) is 36.9 Å². The van der Waals surface area contributed by atoms with Crippen molar-refractivity contribution in [1.82, 2.24) is 9.13 Å². The van der Waals surface area contributed by atoms with Crippen LogP contribution in [0, 0.1) is 12.7 Å². The molecule has 0 bridgehead atoms. The van der Waals surface area contributed by atoms with Gasteiger partial charge in [0.2, 0.25) is 0 Å². The number of ether oxygens (including phenoxy) is 2. The maximum absolute atomic E-state index is 14.3. The average molecular weight is 624 g/mol. The number of fused-ring (bicyclic) bond motifs is 2. The minimum absolute atomic E-state index is 0.0309. The van der Waals surface area contributed by atoms with Gasteiger partial charge in [0.15, 0.2) is 4.80 Å². The minimum Gasteiger partial charge on any atom is -0.465 e. The summed E-state index contributed by atoms with van der Waals surface area (Å²) in [6.45, 7) is 5.81. The molecular weight excluding hydrogens is 593 g/mol. The highest BCUT2D eigenvalue weighted by molar-refractivity contribution is 7.07. The third-order valence-corrected chi connectivity index (χ3v) is 8.69. The van der Waals surface area contributed by atoms with Crippen LogP contribution in [0.4, 0.5) is 4.39 Å². The van der Waals surface area contributed by atoms with Gasteiger partial charge >= 0.3 is 11.9 Å². The zero-order chi connectivity index (χ0) is 31.7. The Bertz CT molecular complexity index is 2140. The number of halogens is 1. The van der Waals surface area contributed by atoms with Gasteiger partial charge in [0, 0.05) is 27.7 Å². The van der Waals surface area contributed by atoms with Crippen LogP contribution in [0.1, 0.15) is 42.3 Å². The molecule has 0 unspecified atom stereocenters. The number of carbonyl (C=O) groups is 2. The van der Waals surface area contributed by atoms with E-state index in [9.17, 15) is 18.8 Å². The van der Waals surface area contributed by atoms with Gasteiger partial charge in [0.05, 0.1) is 35.1 Å². The standard InChI is InChI=1S/C35H30FN3O5S/c1-4-43-29(40)20-38-21(3)26(25-13-9-10-14-27(25)38)19-28-33(41)39-32(23-15-17-24(36)18-16-23)30(34(42)44-5-2)31(37-35(39)45-28)22-11-7-6-8-12-22/h6-19,32H,4-5,20H2,1-3H3/b28-19-/t32-/m0/s1. The number of para-hydroxylation sites is 1. The molecule has 0 amide bonds. The van der Waals surface area contributed by atoms with Gasteiger partial charge in [-0.2, -0.15) is 0 Å². The number of nitrogens with zero attached hydrogens (tertiary/aromatic N) is 3. The summed E-state index contributed by atoms with van der Waals surface area (Å²) >= 11 is 1.20. The highest BCUT2D eigenvalue weighted by Crippen LogP contribution is 2.35. The van der Waals surface area contributed by atoms with E-state index >= 15 is 0 Å². The summed E-state index contributed by atoms with van der Waals surface area (Å²) in [7, 11) is 0. The Morgan fingerprint density at radius 1 is 0.956 bits per heavy atom. The van der Waals surface area contributed by atoms with Gasteiger partial charge in [-0.05, 0) is 50.6 Å². The van der Waals surface area contributed by atoms with E-state index in [1.807, 2.05) is 66.1 Å². The molecule has 1 aliphatic rings. The monoisotopic (exact) mass is 623 g/mol. The molecule has 0 aliphatic carbocycles. The molecular formula is C35H30FN3O5S. The first-order valence-electron chi connectivity index (χ1n) is 14.6. The largest absolute Gasteiger partial charge is 0.465 e. The summed E-state index contributed by atoms with van der Waals surface area (Å²) in [5.41, 5.74) is 3.86. The SMILES string of the molecule is CCOC(=O)Cn1c(C)c(/C=c2\sc3n(c2=O)[C@@H](c2ccc(F)cc2)C(C(=O)OCC)=C(c2ccccc2)N=3)c2ccccc21. The fraction of sp³-hybridized carbons (Fsp3) is 0.200. The second kappa shape index (κ2) is 12.5. The summed E-state index contributed by atoms with van der Waals surface area (Å²) < 4.78 is 28.5. The first kappa shape index (κ1) is 30.0. The van der Waals surface area contributed by atoms with Crippen LogP contribution in [0.5, 0.6) is 0 Å². The third-order valence-electron chi connectivity index (χ3n) is 7.71. The Morgan fingerprint density at radius 3 is 2.36 bits per heavy atom. The van der Waals surface area contributed by atoms with Crippen LogP contribution in [-0.2, 0) is 25.6 Å². The molecule has 2 aromatic heterocycles. The molecule has 45 heavy (non-hydrogen) atoms. The zero-order valence-electron chi connectivity index (χ0n) is 25.0. The smallest absolute Gasteiger partial charge is 0.338 e. The van der Waals surface area contributed by atoms with Crippen molar-refractivity contribution in [2.45, 2.75) is 33.4 Å². The van der Waals surface area contributed by atoms with Gasteiger partial charge in [0.25, 0.3) is 5.56 Å². The summed E-state index contributed by atoms with van der Waals surface area (Å²) in [5.74, 6) is -1.40.